The van der Waals surface area contributed by atoms with Gasteiger partial charge in [0, 0.05) is 19.1 Å². The number of likely N-dealkylation sites (tertiary alicyclic amines) is 1. The monoisotopic (exact) mass is 298 g/mol. The third-order valence-corrected chi connectivity index (χ3v) is 5.28. The Kier molecular flexibility index (Phi) is 3.18. The Labute approximate surface area is 129 Å². The predicted molar refractivity (Wildman–Crippen MR) is 85.3 cm³/mol. The lowest BCUT2D eigenvalue weighted by Gasteiger charge is -2.36. The van der Waals surface area contributed by atoms with Crippen molar-refractivity contribution in [2.24, 2.45) is 17.6 Å². The zero-order valence-electron chi connectivity index (χ0n) is 12.9. The highest BCUT2D eigenvalue weighted by molar-refractivity contribution is 5.82. The average Bonchev–Trinajstić information content (AvgIpc) is 2.92. The van der Waals surface area contributed by atoms with Gasteiger partial charge in [0.2, 0.25) is 5.91 Å². The van der Waals surface area contributed by atoms with Crippen LogP contribution in [0.25, 0.3) is 11.0 Å². The molecular formula is C17H22N4O. The van der Waals surface area contributed by atoms with Crippen LogP contribution in [0.1, 0.15) is 24.2 Å². The molecule has 2 aliphatic rings. The Morgan fingerprint density at radius 3 is 2.82 bits per heavy atom. The van der Waals surface area contributed by atoms with Crippen molar-refractivity contribution in [2.75, 3.05) is 13.1 Å². The van der Waals surface area contributed by atoms with Crippen LogP contribution in [0.5, 0.6) is 0 Å². The summed E-state index contributed by atoms with van der Waals surface area (Å²) >= 11 is 0. The molecule has 0 spiro atoms. The summed E-state index contributed by atoms with van der Waals surface area (Å²) in [6.07, 6.45) is 2.81. The minimum atomic E-state index is 0.222. The van der Waals surface area contributed by atoms with Crippen molar-refractivity contribution in [1.82, 2.24) is 14.9 Å². The number of carbonyl (C=O) groups excluding carboxylic acids is 1. The zero-order chi connectivity index (χ0) is 15.3. The molecule has 5 nitrogen and oxygen atoms in total. The number of nitrogens with two attached hydrogens (primary N) is 1. The fraction of sp³-hybridized carbons (Fsp3) is 0.529. The molecule has 1 aliphatic heterocycles. The molecule has 2 aromatic rings. The van der Waals surface area contributed by atoms with E-state index >= 15 is 0 Å². The summed E-state index contributed by atoms with van der Waals surface area (Å²) in [5, 5.41) is 0. The molecule has 3 N–H and O–H groups in total. The number of carbonyl (C=O) groups is 1. The van der Waals surface area contributed by atoms with Crippen LogP contribution in [0.2, 0.25) is 0 Å². The lowest BCUT2D eigenvalue weighted by Crippen LogP contribution is -2.51. The Hall–Kier alpha value is -1.88. The van der Waals surface area contributed by atoms with E-state index in [1.54, 1.807) is 0 Å². The molecule has 22 heavy (non-hydrogen) atoms. The summed E-state index contributed by atoms with van der Waals surface area (Å²) in [7, 11) is 0. The first kappa shape index (κ1) is 13.8. The lowest BCUT2D eigenvalue weighted by molar-refractivity contribution is -0.132. The largest absolute Gasteiger partial charge is 0.342 e. The molecule has 0 radical (unpaired) electrons. The molecule has 1 saturated heterocycles. The maximum absolute atomic E-state index is 12.6. The van der Waals surface area contributed by atoms with Crippen molar-refractivity contribution in [3.63, 3.8) is 0 Å². The molecule has 2 heterocycles. The van der Waals surface area contributed by atoms with Gasteiger partial charge in [-0.25, -0.2) is 4.98 Å². The average molecular weight is 298 g/mol. The van der Waals surface area contributed by atoms with Crippen molar-refractivity contribution >= 4 is 16.9 Å². The van der Waals surface area contributed by atoms with E-state index in [9.17, 15) is 4.79 Å². The number of amides is 1. The summed E-state index contributed by atoms with van der Waals surface area (Å²) in [6, 6.07) is 6.33. The number of H-pyrrole nitrogens is 1. The van der Waals surface area contributed by atoms with Gasteiger partial charge in [-0.05, 0) is 49.3 Å². The summed E-state index contributed by atoms with van der Waals surface area (Å²) in [5.74, 6) is 2.13. The first-order valence-electron chi connectivity index (χ1n) is 8.09. The number of hydrogen-bond donors (Lipinski definition) is 2. The third-order valence-electron chi connectivity index (χ3n) is 5.28. The van der Waals surface area contributed by atoms with Crippen LogP contribution < -0.4 is 5.73 Å². The molecule has 5 heteroatoms. The number of rotatable bonds is 2. The molecule has 2 bridgehead atoms. The number of nitrogens with zero attached hydrogens (tertiary/aromatic N) is 2. The molecule has 4 rings (SSSR count). The third kappa shape index (κ3) is 2.29. The van der Waals surface area contributed by atoms with E-state index < -0.39 is 0 Å². The number of nitrogens with one attached hydrogen (secondary N) is 1. The van der Waals surface area contributed by atoms with Crippen molar-refractivity contribution in [3.8, 4) is 0 Å². The van der Waals surface area contributed by atoms with Gasteiger partial charge in [-0.3, -0.25) is 4.79 Å². The molecule has 2 fully saturated rings. The van der Waals surface area contributed by atoms with Crippen molar-refractivity contribution < 1.29 is 4.79 Å². The van der Waals surface area contributed by atoms with Crippen LogP contribution in [0.4, 0.5) is 0 Å². The Balaban J connectivity index is 1.49. The summed E-state index contributed by atoms with van der Waals surface area (Å²) in [5.41, 5.74) is 9.22. The smallest absolute Gasteiger partial charge is 0.227 e. The number of fused-ring (bicyclic) bond motifs is 3. The molecular weight excluding hydrogens is 276 g/mol. The van der Waals surface area contributed by atoms with Gasteiger partial charge in [0.05, 0.1) is 17.5 Å². The number of aryl methyl sites for hydroxylation is 1. The fourth-order valence-electron chi connectivity index (χ4n) is 4.05. The van der Waals surface area contributed by atoms with Crippen LogP contribution in [0, 0.1) is 18.8 Å². The van der Waals surface area contributed by atoms with Crippen molar-refractivity contribution in [2.45, 2.75) is 32.2 Å². The molecule has 1 aromatic carbocycles. The highest BCUT2D eigenvalue weighted by Crippen LogP contribution is 2.35. The van der Waals surface area contributed by atoms with Gasteiger partial charge in [0.1, 0.15) is 5.82 Å². The van der Waals surface area contributed by atoms with E-state index in [-0.39, 0.29) is 5.91 Å². The van der Waals surface area contributed by atoms with E-state index in [0.29, 0.717) is 24.3 Å². The standard InChI is InChI=1S/C17H22N4O/c1-10-19-14-5-2-11(6-15(14)20-10)7-16(22)21-8-12-3-4-13(9-21)17(12)18/h2,5-6,12-13,17H,3-4,7-9,18H2,1H3,(H,19,20)/t12-,13+,17?. The Morgan fingerprint density at radius 1 is 1.36 bits per heavy atom. The topological polar surface area (TPSA) is 75.0 Å². The molecule has 1 amide bonds. The summed E-state index contributed by atoms with van der Waals surface area (Å²) in [4.78, 5) is 22.2. The van der Waals surface area contributed by atoms with E-state index in [4.69, 9.17) is 5.73 Å². The normalized spacial score (nSPS) is 27.5. The quantitative estimate of drug-likeness (QED) is 0.884. The number of imidazole rings is 1. The minimum absolute atomic E-state index is 0.222. The molecule has 3 atom stereocenters. The second kappa shape index (κ2) is 5.09. The van der Waals surface area contributed by atoms with Crippen LogP contribution in [-0.2, 0) is 11.2 Å². The predicted octanol–water partition coefficient (Wildman–Crippen LogP) is 1.61. The van der Waals surface area contributed by atoms with Crippen molar-refractivity contribution in [3.05, 3.63) is 29.6 Å². The number of benzene rings is 1. The van der Waals surface area contributed by atoms with Gasteiger partial charge in [-0.2, -0.15) is 0 Å². The Bertz CT molecular complexity index is 709. The molecule has 1 aromatic heterocycles. The molecule has 116 valence electrons. The van der Waals surface area contributed by atoms with E-state index in [1.807, 2.05) is 30.0 Å². The fourth-order valence-corrected chi connectivity index (χ4v) is 4.05. The van der Waals surface area contributed by atoms with Gasteiger partial charge in [-0.1, -0.05) is 6.07 Å². The van der Waals surface area contributed by atoms with Crippen LogP contribution >= 0.6 is 0 Å². The highest BCUT2D eigenvalue weighted by Gasteiger charge is 2.40. The lowest BCUT2D eigenvalue weighted by atomic mass is 9.92. The van der Waals surface area contributed by atoms with Gasteiger partial charge in [0.25, 0.3) is 0 Å². The Morgan fingerprint density at radius 2 is 2.09 bits per heavy atom. The molecule has 1 unspecified atom stereocenters. The number of aromatic amines is 1. The first-order chi connectivity index (χ1) is 10.6. The summed E-state index contributed by atoms with van der Waals surface area (Å²) < 4.78 is 0. The van der Waals surface area contributed by atoms with E-state index in [2.05, 4.69) is 9.97 Å². The summed E-state index contributed by atoms with van der Waals surface area (Å²) in [6.45, 7) is 3.61. The second-order valence-electron chi connectivity index (χ2n) is 6.82. The SMILES string of the molecule is Cc1nc2ccc(CC(=O)N3C[C@H]4CC[C@@H](C3)C4N)cc2[nH]1. The molecule has 1 saturated carbocycles. The van der Waals surface area contributed by atoms with E-state index in [0.717, 1.165) is 35.5 Å². The number of hydrogen-bond acceptors (Lipinski definition) is 3. The van der Waals surface area contributed by atoms with Gasteiger partial charge >= 0.3 is 0 Å². The van der Waals surface area contributed by atoms with Crippen molar-refractivity contribution in [1.29, 1.82) is 0 Å². The highest BCUT2D eigenvalue weighted by atomic mass is 16.2. The number of piperidine rings is 1. The maximum Gasteiger partial charge on any atom is 0.227 e. The van der Waals surface area contributed by atoms with Gasteiger partial charge in [-0.15, -0.1) is 0 Å². The first-order valence-corrected chi connectivity index (χ1v) is 8.09. The minimum Gasteiger partial charge on any atom is -0.342 e. The van der Waals surface area contributed by atoms with Gasteiger partial charge < -0.3 is 15.6 Å². The van der Waals surface area contributed by atoms with Gasteiger partial charge in [0.15, 0.2) is 0 Å². The molecule has 1 aliphatic carbocycles. The van der Waals surface area contributed by atoms with Crippen LogP contribution in [0.15, 0.2) is 18.2 Å². The van der Waals surface area contributed by atoms with Crippen LogP contribution in [0.3, 0.4) is 0 Å². The number of aromatic nitrogens is 2. The van der Waals surface area contributed by atoms with E-state index in [1.165, 1.54) is 12.8 Å². The second-order valence-corrected chi connectivity index (χ2v) is 6.82. The zero-order valence-corrected chi connectivity index (χ0v) is 12.9. The maximum atomic E-state index is 12.6. The van der Waals surface area contributed by atoms with Crippen LogP contribution in [-0.4, -0.2) is 39.9 Å².